The van der Waals surface area contributed by atoms with Crippen LogP contribution < -0.4 is 10.1 Å². The predicted octanol–water partition coefficient (Wildman–Crippen LogP) is 0.982. The van der Waals surface area contributed by atoms with Crippen molar-refractivity contribution < 1.29 is 44.8 Å². The van der Waals surface area contributed by atoms with E-state index in [9.17, 15) is 25.5 Å². The number of imidazole rings is 1. The monoisotopic (exact) mass is 641 g/mol. The van der Waals surface area contributed by atoms with Gasteiger partial charge in [0.25, 0.3) is 6.01 Å². The van der Waals surface area contributed by atoms with Gasteiger partial charge < -0.3 is 55.2 Å². The van der Waals surface area contributed by atoms with Gasteiger partial charge >= 0.3 is 0 Å². The third-order valence-electron chi connectivity index (χ3n) is 8.29. The molecule has 0 amide bonds. The number of aromatic nitrogens is 2. The number of nitrogens with zero attached hydrogens (tertiary/aromatic N) is 1. The van der Waals surface area contributed by atoms with Crippen molar-refractivity contribution in [3.8, 4) is 28.3 Å². The van der Waals surface area contributed by atoms with Crippen molar-refractivity contribution in [2.24, 2.45) is 0 Å². The summed E-state index contributed by atoms with van der Waals surface area (Å²) in [4.78, 5) is 7.75. The smallest absolute Gasteiger partial charge is 0.295 e. The first-order valence-corrected chi connectivity index (χ1v) is 15.1. The van der Waals surface area contributed by atoms with Crippen molar-refractivity contribution in [2.75, 3.05) is 26.4 Å². The average molecular weight is 642 g/mol. The molecule has 2 aliphatic heterocycles. The Kier molecular flexibility index (Phi) is 9.68. The second kappa shape index (κ2) is 13.7. The zero-order chi connectivity index (χ0) is 31.7. The second-order valence-electron chi connectivity index (χ2n) is 11.4. The van der Waals surface area contributed by atoms with Crippen LogP contribution >= 0.6 is 11.6 Å². The summed E-state index contributed by atoms with van der Waals surface area (Å²) in [6.07, 6.45) is -7.87. The van der Waals surface area contributed by atoms with Crippen molar-refractivity contribution in [3.05, 3.63) is 71.2 Å². The van der Waals surface area contributed by atoms with Crippen LogP contribution in [0.1, 0.15) is 5.56 Å². The van der Waals surface area contributed by atoms with Crippen LogP contribution in [-0.2, 0) is 16.0 Å². The topological polar surface area (TPSA) is 190 Å². The maximum absolute atomic E-state index is 10.1. The van der Waals surface area contributed by atoms with Crippen LogP contribution in [0.25, 0.3) is 33.3 Å². The van der Waals surface area contributed by atoms with E-state index in [-0.39, 0.29) is 31.5 Å². The largest absolute Gasteiger partial charge is 0.456 e. The molecule has 0 radical (unpaired) electrons. The number of benzene rings is 3. The molecule has 45 heavy (non-hydrogen) atoms. The molecule has 8 atom stereocenters. The fourth-order valence-electron chi connectivity index (χ4n) is 5.68. The van der Waals surface area contributed by atoms with E-state index in [0.29, 0.717) is 29.7 Å². The van der Waals surface area contributed by atoms with E-state index in [1.165, 1.54) is 0 Å². The number of aliphatic hydroxyl groups excluding tert-OH is 6. The summed E-state index contributed by atoms with van der Waals surface area (Å²) in [6, 6.07) is 19.9. The van der Waals surface area contributed by atoms with Crippen molar-refractivity contribution in [1.82, 2.24) is 15.3 Å². The molecule has 0 spiro atoms. The molecule has 13 heteroatoms. The molecule has 2 saturated heterocycles. The van der Waals surface area contributed by atoms with Gasteiger partial charge in [-0.1, -0.05) is 60.1 Å². The summed E-state index contributed by atoms with van der Waals surface area (Å²) in [5.74, 6) is 0. The summed E-state index contributed by atoms with van der Waals surface area (Å²) in [6.45, 7) is 0.205. The van der Waals surface area contributed by atoms with Crippen LogP contribution in [0.5, 0.6) is 6.01 Å². The Labute approximate surface area is 263 Å². The molecule has 0 saturated carbocycles. The maximum Gasteiger partial charge on any atom is 0.295 e. The number of fused-ring (bicyclic) bond motifs is 2. The number of hydrogen-bond donors (Lipinski definition) is 8. The number of aromatic amines is 1. The van der Waals surface area contributed by atoms with Gasteiger partial charge in [-0.3, -0.25) is 0 Å². The van der Waals surface area contributed by atoms with Gasteiger partial charge in [0.15, 0.2) is 6.10 Å². The Balaban J connectivity index is 1.06. The highest BCUT2D eigenvalue weighted by Gasteiger charge is 2.48. The van der Waals surface area contributed by atoms with E-state index < -0.39 is 37.1 Å². The maximum atomic E-state index is 10.1. The van der Waals surface area contributed by atoms with Gasteiger partial charge in [0.2, 0.25) is 0 Å². The second-order valence-corrected chi connectivity index (χ2v) is 11.8. The standard InChI is InChI=1S/C32H36ClN3O9/c33-21-10-23-22(35-32(36-23)45-27-15-44-30-26(40)14-43-31(27)30)9-20(21)19-7-5-18(6-8-19)17-3-1-16(2-4-17)11-34-12-24(38)28(41)29(42)25(39)13-37/h1-10,24-31,34,37-42H,11-15H2,(H,35,36)/t24-,25+,26+,27+,28+,29+,30+,31+/m0/s1. The molecular formula is C32H36ClN3O9. The molecule has 8 N–H and O–H groups in total. The summed E-state index contributed by atoms with van der Waals surface area (Å²) in [5.41, 5.74) is 6.15. The predicted molar refractivity (Wildman–Crippen MR) is 165 cm³/mol. The molecule has 6 rings (SSSR count). The number of aliphatic hydroxyl groups is 6. The van der Waals surface area contributed by atoms with Gasteiger partial charge in [-0.05, 0) is 34.4 Å². The van der Waals surface area contributed by atoms with E-state index in [0.717, 1.165) is 33.3 Å². The zero-order valence-corrected chi connectivity index (χ0v) is 24.9. The molecule has 0 aliphatic carbocycles. The van der Waals surface area contributed by atoms with Gasteiger partial charge in [0.05, 0.1) is 42.0 Å². The Morgan fingerprint density at radius 1 is 0.889 bits per heavy atom. The molecule has 2 fully saturated rings. The molecule has 0 unspecified atom stereocenters. The van der Waals surface area contributed by atoms with Crippen LogP contribution in [0.4, 0.5) is 0 Å². The molecular weight excluding hydrogens is 606 g/mol. The Morgan fingerprint density at radius 3 is 2.24 bits per heavy atom. The third-order valence-corrected chi connectivity index (χ3v) is 8.60. The van der Waals surface area contributed by atoms with Crippen molar-refractivity contribution in [1.29, 1.82) is 0 Å². The summed E-state index contributed by atoms with van der Waals surface area (Å²) in [7, 11) is 0. The Hall–Kier alpha value is -3.14. The fourth-order valence-corrected chi connectivity index (χ4v) is 5.95. The third kappa shape index (κ3) is 6.86. The van der Waals surface area contributed by atoms with Crippen molar-refractivity contribution in [2.45, 2.75) is 55.4 Å². The molecule has 4 aromatic rings. The van der Waals surface area contributed by atoms with Crippen LogP contribution in [-0.4, -0.2) is 116 Å². The van der Waals surface area contributed by atoms with E-state index in [4.69, 9.17) is 30.9 Å². The molecule has 3 aromatic carbocycles. The molecule has 3 heterocycles. The quantitative estimate of drug-likeness (QED) is 0.110. The SMILES string of the molecule is OC[C@@H](O)[C@@H](O)[C@H](O)[C@@H](O)CNCc1ccc(-c2ccc(-c3cc4nc(O[C@@H]5CO[C@H]6[C@@H]5OC[C@H]6O)[nH]c4cc3Cl)cc2)cc1. The Bertz CT molecular complexity index is 1590. The Morgan fingerprint density at radius 2 is 1.53 bits per heavy atom. The lowest BCUT2D eigenvalue weighted by Crippen LogP contribution is -2.48. The first-order valence-electron chi connectivity index (χ1n) is 14.7. The van der Waals surface area contributed by atoms with Crippen molar-refractivity contribution >= 4 is 22.6 Å². The molecule has 2 aliphatic rings. The molecule has 240 valence electrons. The van der Waals surface area contributed by atoms with E-state index in [2.05, 4.69) is 15.3 Å². The van der Waals surface area contributed by atoms with Gasteiger partial charge in [-0.25, -0.2) is 0 Å². The summed E-state index contributed by atoms with van der Waals surface area (Å²) >= 11 is 6.67. The lowest BCUT2D eigenvalue weighted by molar-refractivity contribution is -0.114. The van der Waals surface area contributed by atoms with Gasteiger partial charge in [-0.15, -0.1) is 0 Å². The highest BCUT2D eigenvalue weighted by Crippen LogP contribution is 2.35. The van der Waals surface area contributed by atoms with Crippen molar-refractivity contribution in [3.63, 3.8) is 0 Å². The van der Waals surface area contributed by atoms with Crippen LogP contribution in [0.2, 0.25) is 5.02 Å². The number of ether oxygens (including phenoxy) is 3. The summed E-state index contributed by atoms with van der Waals surface area (Å²) in [5, 5.41) is 61.6. The first-order chi connectivity index (χ1) is 21.7. The lowest BCUT2D eigenvalue weighted by atomic mass is 9.99. The summed E-state index contributed by atoms with van der Waals surface area (Å²) < 4.78 is 17.3. The highest BCUT2D eigenvalue weighted by atomic mass is 35.5. The number of halogens is 1. The average Bonchev–Trinajstić information content (AvgIpc) is 3.76. The van der Waals surface area contributed by atoms with Gasteiger partial charge in [0, 0.05) is 18.7 Å². The van der Waals surface area contributed by atoms with E-state index in [1.807, 2.05) is 60.7 Å². The lowest BCUT2D eigenvalue weighted by Gasteiger charge is -2.25. The van der Waals surface area contributed by atoms with Crippen LogP contribution in [0.15, 0.2) is 60.7 Å². The number of nitrogens with one attached hydrogen (secondary N) is 2. The zero-order valence-electron chi connectivity index (χ0n) is 24.2. The fraction of sp³-hybridized carbons (Fsp3) is 0.406. The van der Waals surface area contributed by atoms with Gasteiger partial charge in [0.1, 0.15) is 36.6 Å². The minimum absolute atomic E-state index is 0.0170. The molecule has 0 bridgehead atoms. The minimum atomic E-state index is -1.65. The number of H-pyrrole nitrogens is 1. The number of hydrogen-bond acceptors (Lipinski definition) is 11. The van der Waals surface area contributed by atoms with Gasteiger partial charge in [-0.2, -0.15) is 4.98 Å². The molecule has 1 aromatic heterocycles. The van der Waals surface area contributed by atoms with E-state index >= 15 is 0 Å². The molecule has 12 nitrogen and oxygen atoms in total. The van der Waals surface area contributed by atoms with E-state index in [1.54, 1.807) is 0 Å². The highest BCUT2D eigenvalue weighted by molar-refractivity contribution is 6.34. The normalized spacial score (nSPS) is 24.0. The van der Waals surface area contributed by atoms with Crippen LogP contribution in [0, 0.1) is 0 Å². The number of rotatable bonds is 12. The minimum Gasteiger partial charge on any atom is -0.456 e. The first kappa shape index (κ1) is 31.8. The van der Waals surface area contributed by atoms with Crippen LogP contribution in [0.3, 0.4) is 0 Å².